The summed E-state index contributed by atoms with van der Waals surface area (Å²) < 4.78 is 27.5. The number of nitrogens with one attached hydrogen (secondary N) is 2. The van der Waals surface area contributed by atoms with Crippen LogP contribution in [-0.4, -0.2) is 28.6 Å². The topological polar surface area (TPSA) is 58.2 Å². The lowest BCUT2D eigenvalue weighted by atomic mass is 10.1. The summed E-state index contributed by atoms with van der Waals surface area (Å²) in [5.41, 5.74) is 0. The van der Waals surface area contributed by atoms with E-state index < -0.39 is 10.0 Å². The van der Waals surface area contributed by atoms with Crippen LogP contribution in [0.1, 0.15) is 24.6 Å². The molecule has 1 heterocycles. The number of hydrogen-bond acceptors (Lipinski definition) is 4. The summed E-state index contributed by atoms with van der Waals surface area (Å²) in [6.45, 7) is 3.54. The van der Waals surface area contributed by atoms with Crippen LogP contribution in [0, 0.1) is 11.8 Å². The fourth-order valence-electron chi connectivity index (χ4n) is 2.03. The Kier molecular flexibility index (Phi) is 5.00. The maximum atomic E-state index is 12.2. The van der Waals surface area contributed by atoms with E-state index in [1.165, 1.54) is 24.2 Å². The van der Waals surface area contributed by atoms with Crippen LogP contribution in [0.5, 0.6) is 0 Å². The van der Waals surface area contributed by atoms with Crippen molar-refractivity contribution in [3.63, 3.8) is 0 Å². The van der Waals surface area contributed by atoms with Crippen LogP contribution in [0.25, 0.3) is 0 Å². The van der Waals surface area contributed by atoms with E-state index in [2.05, 4.69) is 17.0 Å². The van der Waals surface area contributed by atoms with Gasteiger partial charge in [0.15, 0.2) is 0 Å². The average molecular weight is 302 g/mol. The molecule has 0 amide bonds. The van der Waals surface area contributed by atoms with Crippen LogP contribution >= 0.6 is 11.3 Å². The molecule has 19 heavy (non-hydrogen) atoms. The predicted octanol–water partition coefficient (Wildman–Crippen LogP) is 1.83. The van der Waals surface area contributed by atoms with Crippen LogP contribution in [0.3, 0.4) is 0 Å². The maximum absolute atomic E-state index is 12.2. The first-order valence-electron chi connectivity index (χ1n) is 6.76. The molecule has 1 aliphatic rings. The van der Waals surface area contributed by atoms with E-state index in [1.54, 1.807) is 6.07 Å². The molecule has 0 radical (unpaired) electrons. The number of sulfonamides is 1. The van der Waals surface area contributed by atoms with Gasteiger partial charge < -0.3 is 5.32 Å². The highest BCUT2D eigenvalue weighted by molar-refractivity contribution is 7.91. The first kappa shape index (κ1) is 15.0. The fourth-order valence-corrected chi connectivity index (χ4v) is 4.57. The Morgan fingerprint density at radius 1 is 1.42 bits per heavy atom. The minimum atomic E-state index is -3.32. The zero-order valence-corrected chi connectivity index (χ0v) is 13.1. The lowest BCUT2D eigenvalue weighted by Crippen LogP contribution is -2.28. The van der Waals surface area contributed by atoms with Crippen LogP contribution in [0.2, 0.25) is 0 Å². The number of hydrogen-bond donors (Lipinski definition) is 2. The van der Waals surface area contributed by atoms with E-state index in [0.29, 0.717) is 16.7 Å². The molecule has 1 atom stereocenters. The van der Waals surface area contributed by atoms with Gasteiger partial charge in [0.1, 0.15) is 4.21 Å². The highest BCUT2D eigenvalue weighted by Crippen LogP contribution is 2.36. The van der Waals surface area contributed by atoms with Crippen molar-refractivity contribution in [1.29, 1.82) is 0 Å². The molecule has 1 aliphatic carbocycles. The smallest absolute Gasteiger partial charge is 0.250 e. The lowest BCUT2D eigenvalue weighted by Gasteiger charge is -2.10. The Morgan fingerprint density at radius 3 is 2.79 bits per heavy atom. The van der Waals surface area contributed by atoms with Gasteiger partial charge in [-0.25, -0.2) is 13.1 Å². The molecular formula is C13H22N2O2S2. The third-order valence-electron chi connectivity index (χ3n) is 3.55. The Labute approximate surface area is 119 Å². The van der Waals surface area contributed by atoms with Gasteiger partial charge in [-0.2, -0.15) is 0 Å². The standard InChI is InChI=1S/C13H22N2O2S2/c1-10(11-3-4-11)9-15-19(16,17)13-6-5-12(18-13)7-8-14-2/h5-6,10-11,14-15H,3-4,7-9H2,1-2H3. The van der Waals surface area contributed by atoms with Gasteiger partial charge in [0.25, 0.3) is 0 Å². The molecule has 0 bridgehead atoms. The maximum Gasteiger partial charge on any atom is 0.250 e. The molecule has 1 aromatic rings. The van der Waals surface area contributed by atoms with Crippen molar-refractivity contribution in [1.82, 2.24) is 10.0 Å². The second kappa shape index (κ2) is 6.35. The molecule has 1 unspecified atom stereocenters. The van der Waals surface area contributed by atoms with E-state index in [9.17, 15) is 8.42 Å². The quantitative estimate of drug-likeness (QED) is 0.770. The SMILES string of the molecule is CNCCc1ccc(S(=O)(=O)NCC(C)C2CC2)s1. The first-order valence-corrected chi connectivity index (χ1v) is 9.06. The van der Waals surface area contributed by atoms with E-state index in [4.69, 9.17) is 0 Å². The second-order valence-corrected chi connectivity index (χ2v) is 8.40. The summed E-state index contributed by atoms with van der Waals surface area (Å²) in [5, 5.41) is 3.07. The van der Waals surface area contributed by atoms with Crippen molar-refractivity contribution in [2.75, 3.05) is 20.1 Å². The Hall–Kier alpha value is -0.430. The molecule has 1 saturated carbocycles. The van der Waals surface area contributed by atoms with Gasteiger partial charge in [0.2, 0.25) is 10.0 Å². The molecule has 0 spiro atoms. The van der Waals surface area contributed by atoms with Crippen molar-refractivity contribution in [2.24, 2.45) is 11.8 Å². The molecule has 2 rings (SSSR count). The number of likely N-dealkylation sites (N-methyl/N-ethyl adjacent to an activating group) is 1. The molecule has 1 aromatic heterocycles. The summed E-state index contributed by atoms with van der Waals surface area (Å²) in [7, 11) is -1.42. The molecule has 6 heteroatoms. The van der Waals surface area contributed by atoms with Gasteiger partial charge >= 0.3 is 0 Å². The third kappa shape index (κ3) is 4.27. The summed E-state index contributed by atoms with van der Waals surface area (Å²) >= 11 is 1.36. The van der Waals surface area contributed by atoms with E-state index >= 15 is 0 Å². The van der Waals surface area contributed by atoms with Crippen LogP contribution < -0.4 is 10.0 Å². The van der Waals surface area contributed by atoms with Crippen molar-refractivity contribution >= 4 is 21.4 Å². The highest BCUT2D eigenvalue weighted by atomic mass is 32.2. The molecule has 1 fully saturated rings. The molecule has 108 valence electrons. The number of thiophene rings is 1. The van der Waals surface area contributed by atoms with Crippen LogP contribution in [0.15, 0.2) is 16.3 Å². The Bertz CT molecular complexity index is 506. The average Bonchev–Trinajstić information content (AvgIpc) is 3.12. The molecule has 0 aliphatic heterocycles. The van der Waals surface area contributed by atoms with Crippen LogP contribution in [0.4, 0.5) is 0 Å². The lowest BCUT2D eigenvalue weighted by molar-refractivity contribution is 0.492. The normalized spacial score (nSPS) is 17.6. The van der Waals surface area contributed by atoms with E-state index in [0.717, 1.165) is 23.8 Å². The Morgan fingerprint density at radius 2 is 2.16 bits per heavy atom. The van der Waals surface area contributed by atoms with Crippen molar-refractivity contribution < 1.29 is 8.42 Å². The summed E-state index contributed by atoms with van der Waals surface area (Å²) in [4.78, 5) is 1.10. The van der Waals surface area contributed by atoms with Crippen molar-refractivity contribution in [2.45, 2.75) is 30.4 Å². The van der Waals surface area contributed by atoms with Gasteiger partial charge in [0.05, 0.1) is 0 Å². The van der Waals surface area contributed by atoms with Crippen molar-refractivity contribution in [3.8, 4) is 0 Å². The van der Waals surface area contributed by atoms with E-state index in [-0.39, 0.29) is 0 Å². The highest BCUT2D eigenvalue weighted by Gasteiger charge is 2.29. The van der Waals surface area contributed by atoms with Gasteiger partial charge in [-0.15, -0.1) is 11.3 Å². The molecule has 0 saturated heterocycles. The Balaban J connectivity index is 1.92. The molecule has 4 nitrogen and oxygen atoms in total. The van der Waals surface area contributed by atoms with Crippen molar-refractivity contribution in [3.05, 3.63) is 17.0 Å². The van der Waals surface area contributed by atoms with Gasteiger partial charge in [0, 0.05) is 11.4 Å². The van der Waals surface area contributed by atoms with E-state index in [1.807, 2.05) is 13.1 Å². The largest absolute Gasteiger partial charge is 0.319 e. The minimum Gasteiger partial charge on any atom is -0.319 e. The summed E-state index contributed by atoms with van der Waals surface area (Å²) in [6, 6.07) is 3.61. The minimum absolute atomic E-state index is 0.432. The van der Waals surface area contributed by atoms with Gasteiger partial charge in [-0.05, 0) is 56.8 Å². The predicted molar refractivity (Wildman–Crippen MR) is 79.0 cm³/mol. The molecule has 2 N–H and O–H groups in total. The molecule has 0 aromatic carbocycles. The van der Waals surface area contributed by atoms with Gasteiger partial charge in [-0.1, -0.05) is 6.92 Å². The summed E-state index contributed by atoms with van der Waals surface area (Å²) in [5.74, 6) is 1.16. The summed E-state index contributed by atoms with van der Waals surface area (Å²) in [6.07, 6.45) is 3.36. The first-order chi connectivity index (χ1) is 9.03. The zero-order chi connectivity index (χ0) is 13.9. The zero-order valence-electron chi connectivity index (χ0n) is 11.5. The second-order valence-electron chi connectivity index (χ2n) is 5.24. The van der Waals surface area contributed by atoms with Crippen LogP contribution in [-0.2, 0) is 16.4 Å². The van der Waals surface area contributed by atoms with Gasteiger partial charge in [-0.3, -0.25) is 0 Å². The fraction of sp³-hybridized carbons (Fsp3) is 0.692. The number of rotatable bonds is 8. The molecular weight excluding hydrogens is 280 g/mol. The monoisotopic (exact) mass is 302 g/mol. The third-order valence-corrected chi connectivity index (χ3v) is 6.61.